The van der Waals surface area contributed by atoms with Crippen LogP contribution in [0.15, 0.2) is 18.2 Å². The molecule has 0 aliphatic carbocycles. The van der Waals surface area contributed by atoms with Gasteiger partial charge in [-0.25, -0.2) is 4.79 Å². The fourth-order valence-corrected chi connectivity index (χ4v) is 1.78. The largest absolute Gasteiger partial charge is 0.496 e. The maximum atomic E-state index is 10.9. The first-order valence-electron chi connectivity index (χ1n) is 5.67. The van der Waals surface area contributed by atoms with Gasteiger partial charge in [-0.15, -0.1) is 0 Å². The molecule has 0 aromatic heterocycles. The Morgan fingerprint density at radius 3 is 2.71 bits per heavy atom. The molecule has 0 aliphatic heterocycles. The predicted octanol–water partition coefficient (Wildman–Crippen LogP) is 2.24. The van der Waals surface area contributed by atoms with Crippen molar-refractivity contribution in [3.05, 3.63) is 29.3 Å². The van der Waals surface area contributed by atoms with Crippen molar-refractivity contribution in [2.45, 2.75) is 19.9 Å². The van der Waals surface area contributed by atoms with E-state index in [1.165, 1.54) is 7.11 Å². The van der Waals surface area contributed by atoms with Crippen molar-refractivity contribution in [3.63, 3.8) is 0 Å². The molecule has 94 valence electrons. The smallest absolute Gasteiger partial charge is 0.339 e. The minimum absolute atomic E-state index is 0.203. The molecule has 0 radical (unpaired) electrons. The average molecular weight is 237 g/mol. The maximum absolute atomic E-state index is 10.9. The van der Waals surface area contributed by atoms with E-state index in [-0.39, 0.29) is 5.56 Å². The van der Waals surface area contributed by atoms with Gasteiger partial charge in [0, 0.05) is 6.54 Å². The molecule has 0 bridgehead atoms. The topological polar surface area (TPSA) is 49.8 Å². The first-order chi connectivity index (χ1) is 8.08. The van der Waals surface area contributed by atoms with Crippen LogP contribution >= 0.6 is 0 Å². The highest BCUT2D eigenvalue weighted by molar-refractivity contribution is 5.90. The van der Waals surface area contributed by atoms with Gasteiger partial charge in [-0.3, -0.25) is 0 Å². The molecule has 0 heterocycles. The van der Waals surface area contributed by atoms with Crippen molar-refractivity contribution in [3.8, 4) is 5.75 Å². The highest BCUT2D eigenvalue weighted by Gasteiger charge is 2.11. The molecular weight excluding hydrogens is 218 g/mol. The van der Waals surface area contributed by atoms with Gasteiger partial charge in [-0.2, -0.15) is 0 Å². The van der Waals surface area contributed by atoms with Crippen LogP contribution in [0.1, 0.15) is 29.3 Å². The molecular formula is C13H19NO3. The van der Waals surface area contributed by atoms with E-state index >= 15 is 0 Å². The number of methoxy groups -OCH3 is 1. The molecule has 0 unspecified atom stereocenters. The molecule has 0 saturated carbocycles. The lowest BCUT2D eigenvalue weighted by molar-refractivity contribution is 0.0693. The van der Waals surface area contributed by atoms with Gasteiger partial charge in [-0.1, -0.05) is 13.0 Å². The number of benzene rings is 1. The number of nitrogens with zero attached hydrogens (tertiary/aromatic N) is 1. The van der Waals surface area contributed by atoms with Gasteiger partial charge >= 0.3 is 5.97 Å². The molecule has 1 aromatic rings. The molecule has 0 saturated heterocycles. The second-order valence-electron chi connectivity index (χ2n) is 4.08. The average Bonchev–Trinajstić information content (AvgIpc) is 2.28. The third kappa shape index (κ3) is 3.75. The first kappa shape index (κ1) is 13.5. The SMILES string of the molecule is CCCN(C)Cc1ccc(C(=O)O)c(OC)c1. The summed E-state index contributed by atoms with van der Waals surface area (Å²) in [5.41, 5.74) is 1.26. The molecule has 0 atom stereocenters. The minimum Gasteiger partial charge on any atom is -0.496 e. The molecule has 1 N–H and O–H groups in total. The summed E-state index contributed by atoms with van der Waals surface area (Å²) in [6.45, 7) is 3.94. The fraction of sp³-hybridized carbons (Fsp3) is 0.462. The zero-order valence-corrected chi connectivity index (χ0v) is 10.6. The van der Waals surface area contributed by atoms with Crippen molar-refractivity contribution >= 4 is 5.97 Å². The number of carboxylic acids is 1. The monoisotopic (exact) mass is 237 g/mol. The van der Waals surface area contributed by atoms with Crippen LogP contribution in [0.2, 0.25) is 0 Å². The lowest BCUT2D eigenvalue weighted by Gasteiger charge is -2.16. The van der Waals surface area contributed by atoms with Gasteiger partial charge in [0.25, 0.3) is 0 Å². The summed E-state index contributed by atoms with van der Waals surface area (Å²) in [7, 11) is 3.53. The molecule has 1 aromatic carbocycles. The van der Waals surface area contributed by atoms with E-state index in [1.54, 1.807) is 12.1 Å². The normalized spacial score (nSPS) is 10.6. The second-order valence-corrected chi connectivity index (χ2v) is 4.08. The van der Waals surface area contributed by atoms with Gasteiger partial charge in [0.1, 0.15) is 11.3 Å². The van der Waals surface area contributed by atoms with Crippen LogP contribution < -0.4 is 4.74 Å². The highest BCUT2D eigenvalue weighted by Crippen LogP contribution is 2.20. The number of aromatic carboxylic acids is 1. The van der Waals surface area contributed by atoms with Crippen LogP contribution in [-0.2, 0) is 6.54 Å². The molecule has 0 amide bonds. The first-order valence-corrected chi connectivity index (χ1v) is 5.67. The predicted molar refractivity (Wildman–Crippen MR) is 66.6 cm³/mol. The summed E-state index contributed by atoms with van der Waals surface area (Å²) in [6.07, 6.45) is 1.10. The Bertz CT molecular complexity index is 390. The highest BCUT2D eigenvalue weighted by atomic mass is 16.5. The van der Waals surface area contributed by atoms with Crippen LogP contribution in [-0.4, -0.2) is 36.7 Å². The Labute approximate surface area is 102 Å². The fourth-order valence-electron chi connectivity index (χ4n) is 1.78. The molecule has 4 heteroatoms. The summed E-state index contributed by atoms with van der Waals surface area (Å²) < 4.78 is 5.09. The molecule has 0 fully saturated rings. The minimum atomic E-state index is -0.963. The van der Waals surface area contributed by atoms with Crippen LogP contribution in [0.5, 0.6) is 5.75 Å². The standard InChI is InChI=1S/C13H19NO3/c1-4-7-14(2)9-10-5-6-11(13(15)16)12(8-10)17-3/h5-6,8H,4,7,9H2,1-3H3,(H,15,16). The van der Waals surface area contributed by atoms with Crippen molar-refractivity contribution in [2.75, 3.05) is 20.7 Å². The summed E-state index contributed by atoms with van der Waals surface area (Å²) in [5, 5.41) is 8.96. The third-order valence-corrected chi connectivity index (χ3v) is 2.55. The molecule has 1 rings (SSSR count). The summed E-state index contributed by atoms with van der Waals surface area (Å²) in [4.78, 5) is 13.1. The van der Waals surface area contributed by atoms with E-state index in [9.17, 15) is 4.79 Å². The molecule has 17 heavy (non-hydrogen) atoms. The zero-order chi connectivity index (χ0) is 12.8. The maximum Gasteiger partial charge on any atom is 0.339 e. The number of carbonyl (C=O) groups is 1. The Morgan fingerprint density at radius 1 is 1.47 bits per heavy atom. The van der Waals surface area contributed by atoms with Gasteiger partial charge < -0.3 is 14.7 Å². The Morgan fingerprint density at radius 2 is 2.18 bits per heavy atom. The van der Waals surface area contributed by atoms with E-state index < -0.39 is 5.97 Å². The zero-order valence-electron chi connectivity index (χ0n) is 10.6. The number of ether oxygens (including phenoxy) is 1. The number of carboxylic acid groups (broad SMARTS) is 1. The van der Waals surface area contributed by atoms with E-state index in [0.29, 0.717) is 5.75 Å². The van der Waals surface area contributed by atoms with Crippen LogP contribution in [0, 0.1) is 0 Å². The second kappa shape index (κ2) is 6.25. The number of hydrogen-bond donors (Lipinski definition) is 1. The van der Waals surface area contributed by atoms with E-state index in [1.807, 2.05) is 13.1 Å². The number of hydrogen-bond acceptors (Lipinski definition) is 3. The Kier molecular flexibility index (Phi) is 4.97. The van der Waals surface area contributed by atoms with Crippen LogP contribution in [0.25, 0.3) is 0 Å². The van der Waals surface area contributed by atoms with Gasteiger partial charge in [0.2, 0.25) is 0 Å². The number of rotatable bonds is 6. The van der Waals surface area contributed by atoms with Crippen LogP contribution in [0.3, 0.4) is 0 Å². The lowest BCUT2D eigenvalue weighted by Crippen LogP contribution is -2.18. The molecule has 0 aliphatic rings. The summed E-state index contributed by atoms with van der Waals surface area (Å²) >= 11 is 0. The van der Waals surface area contributed by atoms with Gasteiger partial charge in [0.15, 0.2) is 0 Å². The summed E-state index contributed by atoms with van der Waals surface area (Å²) in [6, 6.07) is 5.21. The molecule has 4 nitrogen and oxygen atoms in total. The van der Waals surface area contributed by atoms with E-state index in [0.717, 1.165) is 25.1 Å². The van der Waals surface area contributed by atoms with Crippen molar-refractivity contribution in [2.24, 2.45) is 0 Å². The van der Waals surface area contributed by atoms with Crippen LogP contribution in [0.4, 0.5) is 0 Å². The Hall–Kier alpha value is -1.55. The quantitative estimate of drug-likeness (QED) is 0.824. The molecule has 0 spiro atoms. The van der Waals surface area contributed by atoms with E-state index in [4.69, 9.17) is 9.84 Å². The lowest BCUT2D eigenvalue weighted by atomic mass is 10.1. The Balaban J connectivity index is 2.86. The summed E-state index contributed by atoms with van der Waals surface area (Å²) in [5.74, 6) is -0.546. The van der Waals surface area contributed by atoms with Crippen molar-refractivity contribution in [1.82, 2.24) is 4.90 Å². The van der Waals surface area contributed by atoms with E-state index in [2.05, 4.69) is 11.8 Å². The van der Waals surface area contributed by atoms with Crippen molar-refractivity contribution in [1.29, 1.82) is 0 Å². The third-order valence-electron chi connectivity index (χ3n) is 2.55. The van der Waals surface area contributed by atoms with Gasteiger partial charge in [-0.05, 0) is 37.7 Å². The van der Waals surface area contributed by atoms with Crippen molar-refractivity contribution < 1.29 is 14.6 Å². The van der Waals surface area contributed by atoms with Gasteiger partial charge in [0.05, 0.1) is 7.11 Å².